The first-order chi connectivity index (χ1) is 15.9. The Kier molecular flexibility index (Phi) is 6.65. The molecule has 0 radical (unpaired) electrons. The van der Waals surface area contributed by atoms with Crippen LogP contribution in [-0.4, -0.2) is 66.9 Å². The Morgan fingerprint density at radius 1 is 1.03 bits per heavy atom. The summed E-state index contributed by atoms with van der Waals surface area (Å²) in [7, 11) is 1.38. The number of benzene rings is 2. The second-order valence-electron chi connectivity index (χ2n) is 8.39. The number of hydrogen-bond donors (Lipinski definition) is 2. The Morgan fingerprint density at radius 2 is 1.61 bits per heavy atom. The molecule has 0 bridgehead atoms. The number of piperidine rings is 1. The molecule has 0 unspecified atom stereocenters. The van der Waals surface area contributed by atoms with Gasteiger partial charge in [-0.05, 0) is 22.3 Å². The van der Waals surface area contributed by atoms with E-state index in [4.69, 9.17) is 9.47 Å². The molecule has 4 rings (SSSR count). The van der Waals surface area contributed by atoms with Crippen LogP contribution in [0.5, 0.6) is 0 Å². The molecule has 2 aliphatic rings. The molecule has 8 nitrogen and oxygen atoms in total. The van der Waals surface area contributed by atoms with Crippen LogP contribution in [0.2, 0.25) is 0 Å². The summed E-state index contributed by atoms with van der Waals surface area (Å²) in [4.78, 5) is 37.7. The van der Waals surface area contributed by atoms with Crippen molar-refractivity contribution in [1.29, 1.82) is 0 Å². The number of carbonyl (C=O) groups excluding carboxylic acids is 2. The number of methoxy groups -OCH3 is 1. The summed E-state index contributed by atoms with van der Waals surface area (Å²) in [6.07, 6.45) is 0.0408. The number of likely N-dealkylation sites (tertiary alicyclic amines) is 1. The highest BCUT2D eigenvalue weighted by molar-refractivity contribution is 5.81. The number of hydrogen-bond acceptors (Lipinski definition) is 5. The van der Waals surface area contributed by atoms with E-state index in [1.54, 1.807) is 4.90 Å². The minimum absolute atomic E-state index is 0.0200. The first kappa shape index (κ1) is 22.8. The van der Waals surface area contributed by atoms with E-state index in [0.717, 1.165) is 22.3 Å². The van der Waals surface area contributed by atoms with Gasteiger partial charge in [-0.25, -0.2) is 9.59 Å². The van der Waals surface area contributed by atoms with Crippen molar-refractivity contribution in [3.63, 3.8) is 0 Å². The molecule has 2 N–H and O–H groups in total. The number of ether oxygens (including phenoxy) is 2. The van der Waals surface area contributed by atoms with Crippen molar-refractivity contribution >= 4 is 18.0 Å². The first-order valence-corrected chi connectivity index (χ1v) is 11.1. The standard InChI is InChI=1S/C25H28N2O6/c1-32-25(23(29)30)11-14-27(15-12-25)22(28)10-13-26-24(31)33-16-21-19-8-4-2-6-17(19)18-7-3-5-9-20(18)21/h2-9,21H,10-16H2,1H3,(H,26,31)(H,29,30). The van der Waals surface area contributed by atoms with Crippen LogP contribution < -0.4 is 5.32 Å². The first-order valence-electron chi connectivity index (χ1n) is 11.1. The second-order valence-corrected chi connectivity index (χ2v) is 8.39. The quantitative estimate of drug-likeness (QED) is 0.669. The summed E-state index contributed by atoms with van der Waals surface area (Å²) in [6, 6.07) is 16.2. The maximum atomic E-state index is 12.4. The van der Waals surface area contributed by atoms with Gasteiger partial charge in [0.1, 0.15) is 6.61 Å². The molecule has 0 atom stereocenters. The minimum Gasteiger partial charge on any atom is -0.479 e. The van der Waals surface area contributed by atoms with Crippen molar-refractivity contribution in [2.24, 2.45) is 0 Å². The van der Waals surface area contributed by atoms with Gasteiger partial charge in [0.05, 0.1) is 0 Å². The topological polar surface area (TPSA) is 105 Å². The molecule has 0 saturated carbocycles. The summed E-state index contributed by atoms with van der Waals surface area (Å²) in [5.74, 6) is -1.16. The van der Waals surface area contributed by atoms with Crippen LogP contribution in [0.1, 0.15) is 36.3 Å². The van der Waals surface area contributed by atoms with Gasteiger partial charge in [-0.2, -0.15) is 0 Å². The Labute approximate surface area is 192 Å². The molecule has 33 heavy (non-hydrogen) atoms. The van der Waals surface area contributed by atoms with E-state index in [2.05, 4.69) is 29.6 Å². The molecule has 1 aliphatic carbocycles. The zero-order valence-corrected chi connectivity index (χ0v) is 18.6. The number of fused-ring (bicyclic) bond motifs is 3. The number of carboxylic acids is 1. The summed E-state index contributed by atoms with van der Waals surface area (Å²) < 4.78 is 10.7. The molecule has 1 fully saturated rings. The molecule has 174 valence electrons. The molecule has 0 spiro atoms. The average molecular weight is 453 g/mol. The van der Waals surface area contributed by atoms with Crippen LogP contribution in [0, 0.1) is 0 Å². The van der Waals surface area contributed by atoms with Gasteiger partial charge in [0.25, 0.3) is 0 Å². The lowest BCUT2D eigenvalue weighted by atomic mass is 9.91. The molecule has 8 heteroatoms. The van der Waals surface area contributed by atoms with E-state index in [-0.39, 0.29) is 44.2 Å². The molecule has 1 heterocycles. The number of nitrogens with zero attached hydrogens (tertiary/aromatic N) is 1. The normalized spacial score (nSPS) is 16.6. The lowest BCUT2D eigenvalue weighted by Gasteiger charge is -2.37. The predicted molar refractivity (Wildman–Crippen MR) is 121 cm³/mol. The molecule has 1 saturated heterocycles. The molecule has 2 aromatic carbocycles. The number of aliphatic carboxylic acids is 1. The van der Waals surface area contributed by atoms with Crippen molar-refractivity contribution in [1.82, 2.24) is 10.2 Å². The molecule has 2 amide bonds. The maximum absolute atomic E-state index is 12.4. The van der Waals surface area contributed by atoms with Gasteiger partial charge in [-0.3, -0.25) is 4.79 Å². The lowest BCUT2D eigenvalue weighted by Crippen LogP contribution is -2.52. The monoisotopic (exact) mass is 452 g/mol. The summed E-state index contributed by atoms with van der Waals surface area (Å²) in [6.45, 7) is 0.989. The van der Waals surface area contributed by atoms with Crippen LogP contribution in [0.25, 0.3) is 11.1 Å². The van der Waals surface area contributed by atoms with Crippen molar-refractivity contribution in [3.05, 3.63) is 59.7 Å². The average Bonchev–Trinajstić information content (AvgIpc) is 3.16. The van der Waals surface area contributed by atoms with Gasteiger partial charge in [-0.15, -0.1) is 0 Å². The third-order valence-corrected chi connectivity index (χ3v) is 6.66. The highest BCUT2D eigenvalue weighted by Crippen LogP contribution is 2.44. The van der Waals surface area contributed by atoms with E-state index in [1.807, 2.05) is 24.3 Å². The number of amides is 2. The number of alkyl carbamates (subject to hydrolysis) is 1. The Morgan fingerprint density at radius 3 is 2.15 bits per heavy atom. The van der Waals surface area contributed by atoms with Crippen LogP contribution in [0.4, 0.5) is 4.79 Å². The Hall–Kier alpha value is -3.39. The zero-order valence-electron chi connectivity index (χ0n) is 18.6. The fraction of sp³-hybridized carbons (Fsp3) is 0.400. The number of nitrogens with one attached hydrogen (secondary N) is 1. The predicted octanol–water partition coefficient (Wildman–Crippen LogP) is 3.01. The van der Waals surface area contributed by atoms with Gasteiger partial charge in [-0.1, -0.05) is 48.5 Å². The third-order valence-electron chi connectivity index (χ3n) is 6.66. The SMILES string of the molecule is COC1(C(=O)O)CCN(C(=O)CCNC(=O)OCC2c3ccccc3-c3ccccc32)CC1. The van der Waals surface area contributed by atoms with Crippen LogP contribution >= 0.6 is 0 Å². The molecular formula is C25H28N2O6. The van der Waals surface area contributed by atoms with Crippen LogP contribution in [0.3, 0.4) is 0 Å². The van der Waals surface area contributed by atoms with Gasteiger partial charge < -0.3 is 24.8 Å². The van der Waals surface area contributed by atoms with Gasteiger partial charge in [0.2, 0.25) is 5.91 Å². The minimum atomic E-state index is -1.23. The molecule has 2 aromatic rings. The van der Waals surface area contributed by atoms with Gasteiger partial charge in [0, 0.05) is 51.9 Å². The summed E-state index contributed by atoms with van der Waals surface area (Å²) >= 11 is 0. The summed E-state index contributed by atoms with van der Waals surface area (Å²) in [5.41, 5.74) is 3.38. The fourth-order valence-electron chi connectivity index (χ4n) is 4.70. The van der Waals surface area contributed by atoms with E-state index < -0.39 is 17.7 Å². The van der Waals surface area contributed by atoms with Crippen LogP contribution in [-0.2, 0) is 19.1 Å². The highest BCUT2D eigenvalue weighted by atomic mass is 16.5. The third kappa shape index (κ3) is 4.57. The number of carboxylic acid groups (broad SMARTS) is 1. The maximum Gasteiger partial charge on any atom is 0.407 e. The van der Waals surface area contributed by atoms with E-state index >= 15 is 0 Å². The largest absolute Gasteiger partial charge is 0.479 e. The van der Waals surface area contributed by atoms with E-state index in [0.29, 0.717) is 13.1 Å². The Bertz CT molecular complexity index is 999. The van der Waals surface area contributed by atoms with Gasteiger partial charge >= 0.3 is 12.1 Å². The van der Waals surface area contributed by atoms with Crippen LogP contribution in [0.15, 0.2) is 48.5 Å². The molecule has 1 aliphatic heterocycles. The molecule has 0 aromatic heterocycles. The van der Waals surface area contributed by atoms with Crippen molar-refractivity contribution in [2.75, 3.05) is 33.4 Å². The van der Waals surface area contributed by atoms with Crippen molar-refractivity contribution < 1.29 is 29.0 Å². The van der Waals surface area contributed by atoms with Crippen molar-refractivity contribution in [2.45, 2.75) is 30.8 Å². The second kappa shape index (κ2) is 9.62. The zero-order chi connectivity index (χ0) is 23.4. The van der Waals surface area contributed by atoms with Gasteiger partial charge in [0.15, 0.2) is 5.60 Å². The lowest BCUT2D eigenvalue weighted by molar-refractivity contribution is -0.170. The molecular weight excluding hydrogens is 424 g/mol. The number of carbonyl (C=O) groups is 3. The van der Waals surface area contributed by atoms with E-state index in [9.17, 15) is 19.5 Å². The highest BCUT2D eigenvalue weighted by Gasteiger charge is 2.42. The number of rotatable bonds is 7. The van der Waals surface area contributed by atoms with E-state index in [1.165, 1.54) is 7.11 Å². The smallest absolute Gasteiger partial charge is 0.407 e. The fourth-order valence-corrected chi connectivity index (χ4v) is 4.70. The van der Waals surface area contributed by atoms with Crippen molar-refractivity contribution in [3.8, 4) is 11.1 Å². The Balaban J connectivity index is 1.23. The summed E-state index contributed by atoms with van der Waals surface area (Å²) in [5, 5.41) is 12.0.